The maximum atomic E-state index is 12.6. The number of carbonyl (C=O) groups excluding carboxylic acids is 1. The summed E-state index contributed by atoms with van der Waals surface area (Å²) in [5, 5.41) is 0. The first-order chi connectivity index (χ1) is 13.6. The number of rotatable bonds is 3. The molecule has 0 N–H and O–H groups in total. The number of fused-ring (bicyclic) bond motifs is 3. The first-order valence-corrected chi connectivity index (χ1v) is 9.20. The zero-order chi connectivity index (χ0) is 19.4. The highest BCUT2D eigenvalue weighted by Crippen LogP contribution is 2.49. The van der Waals surface area contributed by atoms with Crippen molar-refractivity contribution < 1.29 is 28.5 Å². The molecule has 28 heavy (non-hydrogen) atoms. The van der Waals surface area contributed by atoms with Gasteiger partial charge in [-0.05, 0) is 48.9 Å². The number of ether oxygens (including phenoxy) is 5. The Labute approximate surface area is 162 Å². The molecule has 3 heterocycles. The van der Waals surface area contributed by atoms with Crippen LogP contribution in [0.4, 0.5) is 0 Å². The average molecular weight is 383 g/mol. The molecule has 5 rings (SSSR count). The fourth-order valence-corrected chi connectivity index (χ4v) is 4.34. The predicted octanol–water partition coefficient (Wildman–Crippen LogP) is 2.87. The molecule has 3 aliphatic heterocycles. The summed E-state index contributed by atoms with van der Waals surface area (Å²) < 4.78 is 27.7. The smallest absolute Gasteiger partial charge is 0.339 e. The normalized spacial score (nSPS) is 22.5. The largest absolute Gasteiger partial charge is 0.493 e. The number of hydrogen-bond donors (Lipinski definition) is 0. The van der Waals surface area contributed by atoms with Gasteiger partial charge in [0.1, 0.15) is 6.10 Å². The Bertz CT molecular complexity index is 972. The second kappa shape index (κ2) is 6.31. The molecule has 0 saturated carbocycles. The summed E-state index contributed by atoms with van der Waals surface area (Å²) in [6.07, 6.45) is 0.455. The molecule has 2 aromatic rings. The van der Waals surface area contributed by atoms with Gasteiger partial charge in [-0.25, -0.2) is 4.79 Å². The molecule has 0 fully saturated rings. The van der Waals surface area contributed by atoms with Crippen LogP contribution in [0, 0.1) is 0 Å². The number of methoxy groups -OCH3 is 2. The van der Waals surface area contributed by atoms with E-state index >= 15 is 0 Å². The van der Waals surface area contributed by atoms with Crippen molar-refractivity contribution in [2.75, 3.05) is 34.6 Å². The summed E-state index contributed by atoms with van der Waals surface area (Å²) in [6.45, 7) is 1.02. The third kappa shape index (κ3) is 2.43. The molecule has 2 aromatic carbocycles. The predicted molar refractivity (Wildman–Crippen MR) is 99.3 cm³/mol. The lowest BCUT2D eigenvalue weighted by Crippen LogP contribution is -2.36. The SMILES string of the molecule is COc1cc2c(cc1OC)C(C1OC(=O)c3cc4c(cc31)OCO4)N(C)CC2. The Morgan fingerprint density at radius 3 is 2.46 bits per heavy atom. The van der Waals surface area contributed by atoms with Gasteiger partial charge in [0.2, 0.25) is 6.79 Å². The molecular formula is C21H21NO6. The standard InChI is InChI=1S/C21H21NO6/c1-22-5-4-11-6-15(24-2)16(25-3)7-12(11)19(22)20-13-8-17-18(27-10-26-17)9-14(13)21(23)28-20/h6-9,19-20H,4-5,10H2,1-3H3. The topological polar surface area (TPSA) is 66.5 Å². The Morgan fingerprint density at radius 1 is 1.00 bits per heavy atom. The molecule has 0 radical (unpaired) electrons. The maximum absolute atomic E-state index is 12.6. The van der Waals surface area contributed by atoms with E-state index in [4.69, 9.17) is 23.7 Å². The molecule has 2 unspecified atom stereocenters. The number of carbonyl (C=O) groups is 1. The van der Waals surface area contributed by atoms with Gasteiger partial charge in [-0.15, -0.1) is 0 Å². The highest BCUT2D eigenvalue weighted by atomic mass is 16.7. The molecular weight excluding hydrogens is 362 g/mol. The molecule has 146 valence electrons. The van der Waals surface area contributed by atoms with E-state index in [1.807, 2.05) is 25.2 Å². The summed E-state index contributed by atoms with van der Waals surface area (Å²) in [6, 6.07) is 7.47. The van der Waals surface area contributed by atoms with Crippen molar-refractivity contribution in [2.45, 2.75) is 18.6 Å². The van der Waals surface area contributed by atoms with Crippen LogP contribution in [0.3, 0.4) is 0 Å². The number of nitrogens with zero attached hydrogens (tertiary/aromatic N) is 1. The zero-order valence-electron chi connectivity index (χ0n) is 16.0. The lowest BCUT2D eigenvalue weighted by Gasteiger charge is -2.38. The molecule has 0 saturated heterocycles. The number of esters is 1. The van der Waals surface area contributed by atoms with Crippen molar-refractivity contribution in [1.82, 2.24) is 4.90 Å². The maximum Gasteiger partial charge on any atom is 0.339 e. The molecule has 0 amide bonds. The van der Waals surface area contributed by atoms with Crippen molar-refractivity contribution in [1.29, 1.82) is 0 Å². The molecule has 0 bridgehead atoms. The highest BCUT2D eigenvalue weighted by Gasteiger charge is 2.43. The van der Waals surface area contributed by atoms with Gasteiger partial charge in [0.05, 0.1) is 25.8 Å². The van der Waals surface area contributed by atoms with Gasteiger partial charge in [-0.1, -0.05) is 0 Å². The molecule has 0 spiro atoms. The van der Waals surface area contributed by atoms with Gasteiger partial charge >= 0.3 is 5.97 Å². The minimum absolute atomic E-state index is 0.130. The number of hydrogen-bond acceptors (Lipinski definition) is 7. The third-order valence-electron chi connectivity index (χ3n) is 5.76. The summed E-state index contributed by atoms with van der Waals surface area (Å²) in [5.41, 5.74) is 3.62. The number of cyclic esters (lactones) is 1. The Hall–Kier alpha value is -2.93. The monoisotopic (exact) mass is 383 g/mol. The van der Waals surface area contributed by atoms with Crippen molar-refractivity contribution in [3.8, 4) is 23.0 Å². The highest BCUT2D eigenvalue weighted by molar-refractivity contribution is 5.95. The van der Waals surface area contributed by atoms with E-state index in [0.717, 1.165) is 24.1 Å². The van der Waals surface area contributed by atoms with Crippen LogP contribution < -0.4 is 18.9 Å². The van der Waals surface area contributed by atoms with E-state index in [2.05, 4.69) is 4.90 Å². The van der Waals surface area contributed by atoms with Crippen LogP contribution in [-0.4, -0.2) is 45.5 Å². The number of benzene rings is 2. The van der Waals surface area contributed by atoms with E-state index in [9.17, 15) is 4.79 Å². The minimum atomic E-state index is -0.431. The van der Waals surface area contributed by atoms with E-state index < -0.39 is 6.10 Å². The first kappa shape index (κ1) is 17.2. The summed E-state index contributed by atoms with van der Waals surface area (Å²) in [5.74, 6) is 2.26. The number of likely N-dealkylation sites (N-methyl/N-ethyl adjacent to an activating group) is 1. The van der Waals surface area contributed by atoms with Gasteiger partial charge in [-0.2, -0.15) is 0 Å². The molecule has 7 nitrogen and oxygen atoms in total. The van der Waals surface area contributed by atoms with Crippen LogP contribution in [0.25, 0.3) is 0 Å². The molecule has 0 aromatic heterocycles. The summed E-state index contributed by atoms with van der Waals surface area (Å²) in [4.78, 5) is 14.8. The van der Waals surface area contributed by atoms with Crippen LogP contribution in [-0.2, 0) is 11.2 Å². The van der Waals surface area contributed by atoms with Crippen molar-refractivity contribution >= 4 is 5.97 Å². The van der Waals surface area contributed by atoms with Crippen LogP contribution in [0.5, 0.6) is 23.0 Å². The fourth-order valence-electron chi connectivity index (χ4n) is 4.34. The van der Waals surface area contributed by atoms with Crippen molar-refractivity contribution in [2.24, 2.45) is 0 Å². The summed E-state index contributed by atoms with van der Waals surface area (Å²) >= 11 is 0. The van der Waals surface area contributed by atoms with Gasteiger partial charge in [0, 0.05) is 12.1 Å². The second-order valence-electron chi connectivity index (χ2n) is 7.20. The van der Waals surface area contributed by atoms with E-state index in [1.54, 1.807) is 20.3 Å². The average Bonchev–Trinajstić information content (AvgIpc) is 3.29. The molecule has 3 aliphatic rings. The minimum Gasteiger partial charge on any atom is -0.493 e. The first-order valence-electron chi connectivity index (χ1n) is 9.20. The van der Waals surface area contributed by atoms with E-state index in [1.165, 1.54) is 5.56 Å². The zero-order valence-corrected chi connectivity index (χ0v) is 16.0. The van der Waals surface area contributed by atoms with Crippen LogP contribution in [0.1, 0.15) is 39.2 Å². The quantitative estimate of drug-likeness (QED) is 0.755. The Morgan fingerprint density at radius 2 is 1.71 bits per heavy atom. The van der Waals surface area contributed by atoms with Gasteiger partial charge in [0.15, 0.2) is 23.0 Å². The lowest BCUT2D eigenvalue weighted by molar-refractivity contribution is 0.00930. The second-order valence-corrected chi connectivity index (χ2v) is 7.20. The van der Waals surface area contributed by atoms with Crippen LogP contribution >= 0.6 is 0 Å². The van der Waals surface area contributed by atoms with Crippen molar-refractivity contribution in [3.63, 3.8) is 0 Å². The van der Waals surface area contributed by atoms with Crippen LogP contribution in [0.15, 0.2) is 24.3 Å². The van der Waals surface area contributed by atoms with Gasteiger partial charge < -0.3 is 23.7 Å². The molecule has 2 atom stereocenters. The van der Waals surface area contributed by atoms with Gasteiger partial charge in [-0.3, -0.25) is 4.90 Å². The molecule has 7 heteroatoms. The lowest BCUT2D eigenvalue weighted by atomic mass is 9.86. The fraction of sp³-hybridized carbons (Fsp3) is 0.381. The molecule has 0 aliphatic carbocycles. The van der Waals surface area contributed by atoms with E-state index in [-0.39, 0.29) is 18.8 Å². The Balaban J connectivity index is 1.63. The van der Waals surface area contributed by atoms with Crippen LogP contribution in [0.2, 0.25) is 0 Å². The van der Waals surface area contributed by atoms with Crippen molar-refractivity contribution in [3.05, 3.63) is 46.5 Å². The summed E-state index contributed by atoms with van der Waals surface area (Å²) in [7, 11) is 5.30. The van der Waals surface area contributed by atoms with E-state index in [0.29, 0.717) is 28.6 Å². The van der Waals surface area contributed by atoms with Gasteiger partial charge in [0.25, 0.3) is 0 Å². The Kier molecular flexibility index (Phi) is 3.87. The third-order valence-corrected chi connectivity index (χ3v) is 5.76.